The lowest BCUT2D eigenvalue weighted by Gasteiger charge is -2.26. The van der Waals surface area contributed by atoms with E-state index in [2.05, 4.69) is 10.3 Å². The fraction of sp³-hybridized carbons (Fsp3) is 0.158. The maximum absolute atomic E-state index is 10.4. The molecule has 5 nitrogen and oxygen atoms in total. The third-order valence-corrected chi connectivity index (χ3v) is 4.90. The number of aromatic hydroxyl groups is 1. The summed E-state index contributed by atoms with van der Waals surface area (Å²) in [5, 5.41) is 14.7. The monoisotopic (exact) mass is 385 g/mol. The predicted octanol–water partition coefficient (Wildman–Crippen LogP) is 4.52. The summed E-state index contributed by atoms with van der Waals surface area (Å²) < 4.78 is 5.91. The Balaban J connectivity index is 1.86. The molecule has 3 aromatic rings. The fourth-order valence-corrected chi connectivity index (χ4v) is 3.71. The van der Waals surface area contributed by atoms with Crippen LogP contribution in [-0.2, 0) is 0 Å². The summed E-state index contributed by atoms with van der Waals surface area (Å²) in [6.07, 6.45) is 1.74. The second kappa shape index (κ2) is 6.63. The molecule has 1 aromatic carbocycles. The van der Waals surface area contributed by atoms with E-state index in [-0.39, 0.29) is 17.8 Å². The zero-order chi connectivity index (χ0) is 18.3. The van der Waals surface area contributed by atoms with Gasteiger partial charge in [0.1, 0.15) is 23.3 Å². The van der Waals surface area contributed by atoms with Crippen LogP contribution in [-0.4, -0.2) is 15.2 Å². The van der Waals surface area contributed by atoms with Gasteiger partial charge < -0.3 is 19.7 Å². The minimum absolute atomic E-state index is 0.0912. The van der Waals surface area contributed by atoms with E-state index in [1.165, 1.54) is 0 Å². The van der Waals surface area contributed by atoms with Crippen molar-refractivity contribution in [3.05, 3.63) is 77.0 Å². The highest BCUT2D eigenvalue weighted by Crippen LogP contribution is 2.45. The number of phenols is 1. The Morgan fingerprint density at radius 2 is 2.08 bits per heavy atom. The van der Waals surface area contributed by atoms with Gasteiger partial charge in [-0.25, -0.2) is 0 Å². The number of aromatic nitrogens is 1. The Labute approximate surface area is 161 Å². The normalized spacial score (nSPS) is 19.6. The van der Waals surface area contributed by atoms with E-state index in [0.29, 0.717) is 15.8 Å². The zero-order valence-corrected chi connectivity index (χ0v) is 15.5. The number of halogens is 1. The number of rotatable bonds is 3. The molecule has 2 aromatic heterocycles. The highest BCUT2D eigenvalue weighted by molar-refractivity contribution is 7.80. The van der Waals surface area contributed by atoms with Crippen LogP contribution in [0.4, 0.5) is 5.69 Å². The molecule has 26 heavy (non-hydrogen) atoms. The van der Waals surface area contributed by atoms with Crippen LogP contribution >= 0.6 is 23.8 Å². The number of hydrogen-bond acceptors (Lipinski definition) is 4. The van der Waals surface area contributed by atoms with Gasteiger partial charge in [-0.3, -0.25) is 4.98 Å². The minimum atomic E-state index is -0.310. The van der Waals surface area contributed by atoms with Gasteiger partial charge in [0, 0.05) is 11.2 Å². The second-order valence-corrected chi connectivity index (χ2v) is 6.90. The van der Waals surface area contributed by atoms with Gasteiger partial charge in [-0.2, -0.15) is 0 Å². The number of benzene rings is 1. The van der Waals surface area contributed by atoms with Crippen molar-refractivity contribution in [3.63, 3.8) is 0 Å². The molecule has 0 radical (unpaired) electrons. The second-order valence-electron chi connectivity index (χ2n) is 6.08. The van der Waals surface area contributed by atoms with Crippen molar-refractivity contribution in [1.29, 1.82) is 0 Å². The molecule has 0 bridgehead atoms. The molecule has 1 aliphatic heterocycles. The zero-order valence-electron chi connectivity index (χ0n) is 13.9. The maximum Gasteiger partial charge on any atom is 0.174 e. The molecule has 3 heterocycles. The third-order valence-electron chi connectivity index (χ3n) is 4.35. The number of hydrogen-bond donors (Lipinski definition) is 2. The summed E-state index contributed by atoms with van der Waals surface area (Å²) in [7, 11) is 0. The standard InChI is InChI=1S/C19H16ClN3O2S/c1-11-5-8-16(25-11)18-17(13-4-2-3-9-21-13)22-19(26)23(18)14-10-12(20)6-7-15(14)24/h2-10,17-18,24H,1H3,(H,22,26). The first-order valence-electron chi connectivity index (χ1n) is 8.10. The van der Waals surface area contributed by atoms with E-state index >= 15 is 0 Å². The molecule has 7 heteroatoms. The first-order chi connectivity index (χ1) is 12.5. The number of nitrogens with zero attached hydrogens (tertiary/aromatic N) is 2. The largest absolute Gasteiger partial charge is 0.506 e. The average Bonchev–Trinajstić information content (AvgIpc) is 3.21. The number of anilines is 1. The predicted molar refractivity (Wildman–Crippen MR) is 104 cm³/mol. The topological polar surface area (TPSA) is 61.5 Å². The summed E-state index contributed by atoms with van der Waals surface area (Å²) in [5.41, 5.74) is 1.35. The van der Waals surface area contributed by atoms with Crippen molar-refractivity contribution in [2.45, 2.75) is 19.0 Å². The molecule has 0 aliphatic carbocycles. The lowest BCUT2D eigenvalue weighted by Crippen LogP contribution is -2.29. The van der Waals surface area contributed by atoms with Gasteiger partial charge in [0.2, 0.25) is 0 Å². The number of thiocarbonyl (C=S) groups is 1. The van der Waals surface area contributed by atoms with Crippen LogP contribution in [0.1, 0.15) is 29.3 Å². The van der Waals surface area contributed by atoms with Gasteiger partial charge in [-0.05, 0) is 61.6 Å². The fourth-order valence-electron chi connectivity index (χ4n) is 3.21. The number of pyridine rings is 1. The lowest BCUT2D eigenvalue weighted by molar-refractivity contribution is 0.415. The highest BCUT2D eigenvalue weighted by atomic mass is 35.5. The first kappa shape index (κ1) is 16.9. The van der Waals surface area contributed by atoms with Crippen molar-refractivity contribution in [2.75, 3.05) is 4.90 Å². The van der Waals surface area contributed by atoms with E-state index in [1.54, 1.807) is 24.4 Å². The molecule has 2 N–H and O–H groups in total. The van der Waals surface area contributed by atoms with E-state index in [9.17, 15) is 5.11 Å². The van der Waals surface area contributed by atoms with Crippen molar-refractivity contribution >= 4 is 34.6 Å². The van der Waals surface area contributed by atoms with Crippen molar-refractivity contribution < 1.29 is 9.52 Å². The Bertz CT molecular complexity index is 960. The SMILES string of the molecule is Cc1ccc(C2C(c3ccccn3)NC(=S)N2c2cc(Cl)ccc2O)o1. The van der Waals surface area contributed by atoms with E-state index in [4.69, 9.17) is 28.2 Å². The van der Waals surface area contributed by atoms with Crippen molar-refractivity contribution in [1.82, 2.24) is 10.3 Å². The molecule has 2 unspecified atom stereocenters. The summed E-state index contributed by atoms with van der Waals surface area (Å²) in [6.45, 7) is 1.89. The quantitative estimate of drug-likeness (QED) is 0.646. The average molecular weight is 386 g/mol. The van der Waals surface area contributed by atoms with Crippen LogP contribution < -0.4 is 10.2 Å². The van der Waals surface area contributed by atoms with Gasteiger partial charge in [-0.15, -0.1) is 0 Å². The van der Waals surface area contributed by atoms with Gasteiger partial charge >= 0.3 is 0 Å². The Kier molecular flexibility index (Phi) is 4.30. The molecule has 1 aliphatic rings. The molecular formula is C19H16ClN3O2S. The highest BCUT2D eigenvalue weighted by Gasteiger charge is 2.43. The third kappa shape index (κ3) is 2.91. The summed E-state index contributed by atoms with van der Waals surface area (Å²) in [6, 6.07) is 13.9. The van der Waals surface area contributed by atoms with Gasteiger partial charge in [0.25, 0.3) is 0 Å². The number of nitrogens with one attached hydrogen (secondary N) is 1. The Morgan fingerprint density at radius 3 is 2.77 bits per heavy atom. The number of phenolic OH excluding ortho intramolecular Hbond substituents is 1. The minimum Gasteiger partial charge on any atom is -0.506 e. The van der Waals surface area contributed by atoms with E-state index in [1.807, 2.05) is 42.2 Å². The van der Waals surface area contributed by atoms with Crippen LogP contribution in [0, 0.1) is 6.92 Å². The van der Waals surface area contributed by atoms with Crippen LogP contribution in [0.5, 0.6) is 5.75 Å². The molecule has 0 spiro atoms. The molecule has 0 saturated carbocycles. The Morgan fingerprint density at radius 1 is 1.23 bits per heavy atom. The van der Waals surface area contributed by atoms with Gasteiger partial charge in [0.15, 0.2) is 5.11 Å². The molecule has 1 fully saturated rings. The summed E-state index contributed by atoms with van der Waals surface area (Å²) in [4.78, 5) is 6.29. The van der Waals surface area contributed by atoms with Crippen LogP contribution in [0.25, 0.3) is 0 Å². The van der Waals surface area contributed by atoms with Gasteiger partial charge in [-0.1, -0.05) is 17.7 Å². The molecule has 0 amide bonds. The summed E-state index contributed by atoms with van der Waals surface area (Å²) >= 11 is 11.7. The molecule has 4 rings (SSSR count). The summed E-state index contributed by atoms with van der Waals surface area (Å²) in [5.74, 6) is 1.62. The van der Waals surface area contributed by atoms with Gasteiger partial charge in [0.05, 0.1) is 17.4 Å². The molecule has 132 valence electrons. The molecular weight excluding hydrogens is 370 g/mol. The Hall–Kier alpha value is -2.57. The lowest BCUT2D eigenvalue weighted by atomic mass is 10.0. The van der Waals surface area contributed by atoms with Crippen LogP contribution in [0.3, 0.4) is 0 Å². The smallest absolute Gasteiger partial charge is 0.174 e. The maximum atomic E-state index is 10.4. The van der Waals surface area contributed by atoms with Crippen molar-refractivity contribution in [3.8, 4) is 5.75 Å². The first-order valence-corrected chi connectivity index (χ1v) is 8.89. The van der Waals surface area contributed by atoms with Crippen LogP contribution in [0.15, 0.2) is 59.1 Å². The van der Waals surface area contributed by atoms with Crippen molar-refractivity contribution in [2.24, 2.45) is 0 Å². The number of furan rings is 1. The van der Waals surface area contributed by atoms with Crippen LogP contribution in [0.2, 0.25) is 5.02 Å². The van der Waals surface area contributed by atoms with E-state index < -0.39 is 0 Å². The molecule has 2 atom stereocenters. The number of aryl methyl sites for hydroxylation is 1. The molecule has 1 saturated heterocycles. The van der Waals surface area contributed by atoms with E-state index in [0.717, 1.165) is 17.2 Å².